The number of fused-ring (bicyclic) bond motifs is 1. The number of amides is 1. The van der Waals surface area contributed by atoms with E-state index in [-0.39, 0.29) is 5.91 Å². The Hall–Kier alpha value is -1.81. The van der Waals surface area contributed by atoms with Crippen LogP contribution in [0.4, 0.5) is 0 Å². The molecule has 0 radical (unpaired) electrons. The fourth-order valence-electron chi connectivity index (χ4n) is 3.68. The zero-order valence-electron chi connectivity index (χ0n) is 14.0. The molecule has 23 heavy (non-hydrogen) atoms. The molecule has 2 aromatic rings. The number of quaternary nitrogens is 1. The first-order valence-electron chi connectivity index (χ1n) is 8.90. The average Bonchev–Trinajstić information content (AvgIpc) is 2.96. The Bertz CT molecular complexity index is 649. The van der Waals surface area contributed by atoms with Crippen LogP contribution in [0.15, 0.2) is 30.5 Å². The van der Waals surface area contributed by atoms with E-state index in [0.29, 0.717) is 6.42 Å². The van der Waals surface area contributed by atoms with E-state index >= 15 is 0 Å². The lowest BCUT2D eigenvalue weighted by atomic mass is 10.0. The molecule has 0 spiro atoms. The van der Waals surface area contributed by atoms with E-state index in [1.54, 1.807) is 4.90 Å². The highest BCUT2D eigenvalue weighted by Gasteiger charge is 2.20. The third kappa shape index (κ3) is 4.14. The summed E-state index contributed by atoms with van der Waals surface area (Å²) in [6.45, 7) is 5.61. The Morgan fingerprint density at radius 1 is 1.35 bits per heavy atom. The van der Waals surface area contributed by atoms with Gasteiger partial charge in [-0.2, -0.15) is 0 Å². The number of hydrogen-bond acceptors (Lipinski definition) is 1. The van der Waals surface area contributed by atoms with Gasteiger partial charge in [0.25, 0.3) is 0 Å². The van der Waals surface area contributed by atoms with Crippen molar-refractivity contribution in [2.45, 2.75) is 45.1 Å². The highest BCUT2D eigenvalue weighted by atomic mass is 16.1. The van der Waals surface area contributed by atoms with Gasteiger partial charge in [-0.3, -0.25) is 4.79 Å². The molecule has 2 heterocycles. The van der Waals surface area contributed by atoms with E-state index < -0.39 is 0 Å². The van der Waals surface area contributed by atoms with Gasteiger partial charge < -0.3 is 15.2 Å². The van der Waals surface area contributed by atoms with Gasteiger partial charge in [0.2, 0.25) is 5.91 Å². The van der Waals surface area contributed by atoms with Gasteiger partial charge in [-0.1, -0.05) is 18.2 Å². The summed E-state index contributed by atoms with van der Waals surface area (Å²) in [7, 11) is 0. The van der Waals surface area contributed by atoms with Gasteiger partial charge in [-0.15, -0.1) is 0 Å². The van der Waals surface area contributed by atoms with Crippen LogP contribution in [0.2, 0.25) is 0 Å². The second kappa shape index (κ2) is 7.64. The third-order valence-electron chi connectivity index (χ3n) is 5.10. The Labute approximate surface area is 138 Å². The molecule has 124 valence electrons. The zero-order chi connectivity index (χ0) is 16.1. The molecule has 3 N–H and O–H groups in total. The molecule has 1 saturated heterocycles. The molecule has 0 saturated carbocycles. The van der Waals surface area contributed by atoms with Crippen LogP contribution < -0.4 is 10.2 Å². The molecule has 1 fully saturated rings. The fourth-order valence-corrected chi connectivity index (χ4v) is 3.68. The molecule has 1 aliphatic heterocycles. The van der Waals surface area contributed by atoms with Crippen LogP contribution in [0, 0.1) is 0 Å². The van der Waals surface area contributed by atoms with Crippen molar-refractivity contribution in [1.82, 2.24) is 10.3 Å². The van der Waals surface area contributed by atoms with Gasteiger partial charge in [-0.25, -0.2) is 0 Å². The number of hydrogen-bond donors (Lipinski definition) is 3. The van der Waals surface area contributed by atoms with Crippen LogP contribution in [0.5, 0.6) is 0 Å². The zero-order valence-corrected chi connectivity index (χ0v) is 14.0. The lowest BCUT2D eigenvalue weighted by Gasteiger charge is -2.30. The smallest absolute Gasteiger partial charge is 0.224 e. The summed E-state index contributed by atoms with van der Waals surface area (Å²) in [4.78, 5) is 17.1. The monoisotopic (exact) mass is 314 g/mol. The highest BCUT2D eigenvalue weighted by Crippen LogP contribution is 2.17. The maximum absolute atomic E-state index is 12.1. The molecule has 1 unspecified atom stereocenters. The van der Waals surface area contributed by atoms with Crippen LogP contribution in [-0.2, 0) is 11.2 Å². The third-order valence-corrected chi connectivity index (χ3v) is 5.10. The normalized spacial score (nSPS) is 21.4. The van der Waals surface area contributed by atoms with Crippen LogP contribution >= 0.6 is 0 Å². The van der Waals surface area contributed by atoms with Gasteiger partial charge in [0.1, 0.15) is 0 Å². The molecule has 0 bridgehead atoms. The quantitative estimate of drug-likeness (QED) is 0.698. The van der Waals surface area contributed by atoms with E-state index in [1.807, 2.05) is 24.4 Å². The molecule has 1 aromatic carbocycles. The highest BCUT2D eigenvalue weighted by molar-refractivity contribution is 5.88. The van der Waals surface area contributed by atoms with Crippen LogP contribution in [0.25, 0.3) is 10.9 Å². The lowest BCUT2D eigenvalue weighted by Crippen LogP contribution is -3.16. The number of piperidine rings is 1. The van der Waals surface area contributed by atoms with Crippen molar-refractivity contribution >= 4 is 16.8 Å². The number of nitrogens with one attached hydrogen (secondary N) is 3. The molecule has 4 heteroatoms. The Morgan fingerprint density at radius 2 is 2.22 bits per heavy atom. The molecule has 0 aliphatic carbocycles. The summed E-state index contributed by atoms with van der Waals surface area (Å²) in [5, 5.41) is 4.22. The number of H-pyrrole nitrogens is 1. The lowest BCUT2D eigenvalue weighted by molar-refractivity contribution is -0.928. The van der Waals surface area contributed by atoms with Crippen LogP contribution in [0.1, 0.15) is 38.2 Å². The summed E-state index contributed by atoms with van der Waals surface area (Å²) in [6, 6.07) is 8.91. The predicted molar refractivity (Wildman–Crippen MR) is 93.6 cm³/mol. The maximum atomic E-state index is 12.1. The second-order valence-corrected chi connectivity index (χ2v) is 6.79. The minimum atomic E-state index is 0.122. The average molecular weight is 314 g/mol. The molecule has 1 amide bonds. The van der Waals surface area contributed by atoms with E-state index in [9.17, 15) is 4.79 Å². The Morgan fingerprint density at radius 3 is 3.09 bits per heavy atom. The van der Waals surface area contributed by atoms with Gasteiger partial charge in [0.05, 0.1) is 25.6 Å². The molecular formula is C19H28N3O+. The summed E-state index contributed by atoms with van der Waals surface area (Å²) in [5.74, 6) is 0.122. The number of aromatic nitrogens is 1. The van der Waals surface area contributed by atoms with Crippen LogP contribution in [-0.4, -0.2) is 36.6 Å². The minimum Gasteiger partial charge on any atom is -0.361 e. The fraction of sp³-hybridized carbons (Fsp3) is 0.526. The molecular weight excluding hydrogens is 286 g/mol. The number of para-hydroxylation sites is 1. The molecule has 3 rings (SSSR count). The maximum Gasteiger partial charge on any atom is 0.224 e. The standard InChI is InChI=1S/C19H27N3O/c1-15-7-4-5-11-22(15)12-6-10-20-19(23)13-16-14-21-18-9-3-2-8-17(16)18/h2-3,8-9,14-15,21H,4-7,10-13H2,1H3,(H,20,23)/p+1/t15-/m1/s1. The van der Waals surface area contributed by atoms with E-state index in [1.165, 1.54) is 32.4 Å². The van der Waals surface area contributed by atoms with Crippen molar-refractivity contribution in [3.63, 3.8) is 0 Å². The van der Waals surface area contributed by atoms with Crippen molar-refractivity contribution in [2.75, 3.05) is 19.6 Å². The van der Waals surface area contributed by atoms with Crippen molar-refractivity contribution in [2.24, 2.45) is 0 Å². The second-order valence-electron chi connectivity index (χ2n) is 6.79. The number of aromatic amines is 1. The number of likely N-dealkylation sites (tertiary alicyclic amines) is 1. The first-order chi connectivity index (χ1) is 11.2. The summed E-state index contributed by atoms with van der Waals surface area (Å²) < 4.78 is 0. The van der Waals surface area contributed by atoms with Gasteiger partial charge >= 0.3 is 0 Å². The molecule has 4 nitrogen and oxygen atoms in total. The van der Waals surface area contributed by atoms with Crippen molar-refractivity contribution in [1.29, 1.82) is 0 Å². The van der Waals surface area contributed by atoms with E-state index in [4.69, 9.17) is 0 Å². The topological polar surface area (TPSA) is 49.3 Å². The Balaban J connectivity index is 1.41. The SMILES string of the molecule is C[C@@H]1CCCC[NH+]1CCCNC(=O)Cc1c[nH]c2ccccc12. The van der Waals surface area contributed by atoms with E-state index in [0.717, 1.165) is 35.5 Å². The largest absolute Gasteiger partial charge is 0.361 e. The molecule has 1 aromatic heterocycles. The minimum absolute atomic E-state index is 0.122. The first kappa shape index (κ1) is 16.1. The summed E-state index contributed by atoms with van der Waals surface area (Å²) >= 11 is 0. The van der Waals surface area contributed by atoms with E-state index in [2.05, 4.69) is 23.3 Å². The first-order valence-corrected chi connectivity index (χ1v) is 8.90. The number of carbonyl (C=O) groups is 1. The number of benzene rings is 1. The van der Waals surface area contributed by atoms with Crippen molar-refractivity contribution in [3.8, 4) is 0 Å². The van der Waals surface area contributed by atoms with Crippen LogP contribution in [0.3, 0.4) is 0 Å². The summed E-state index contributed by atoms with van der Waals surface area (Å²) in [6.07, 6.45) is 7.56. The van der Waals surface area contributed by atoms with Crippen molar-refractivity contribution < 1.29 is 9.69 Å². The Kier molecular flexibility index (Phi) is 5.34. The number of rotatable bonds is 6. The number of carbonyl (C=O) groups excluding carboxylic acids is 1. The van der Waals surface area contributed by atoms with Crippen molar-refractivity contribution in [3.05, 3.63) is 36.0 Å². The molecule has 2 atom stereocenters. The van der Waals surface area contributed by atoms with Gasteiger partial charge in [0, 0.05) is 30.1 Å². The van der Waals surface area contributed by atoms with Gasteiger partial charge in [-0.05, 0) is 37.8 Å². The molecule has 1 aliphatic rings. The predicted octanol–water partition coefficient (Wildman–Crippen LogP) is 1.67. The van der Waals surface area contributed by atoms with Gasteiger partial charge in [0.15, 0.2) is 0 Å². The summed E-state index contributed by atoms with van der Waals surface area (Å²) in [5.41, 5.74) is 2.17.